The first-order valence-electron chi connectivity index (χ1n) is 4.71. The van der Waals surface area contributed by atoms with Crippen LogP contribution in [0.5, 0.6) is 0 Å². The average molecular weight is 266 g/mol. The molecule has 0 amide bonds. The van der Waals surface area contributed by atoms with E-state index in [0.29, 0.717) is 0 Å². The van der Waals surface area contributed by atoms with Gasteiger partial charge in [-0.25, -0.2) is 4.98 Å². The molecule has 0 spiro atoms. The van der Waals surface area contributed by atoms with Gasteiger partial charge in [-0.3, -0.25) is 0 Å². The van der Waals surface area contributed by atoms with Crippen LogP contribution in [-0.4, -0.2) is 17.0 Å². The molecule has 0 bridgehead atoms. The molecule has 0 saturated heterocycles. The number of nitrogens with zero attached hydrogens (tertiary/aromatic N) is 1. The first kappa shape index (κ1) is 10.2. The molecule has 0 unspecified atom stereocenters. The zero-order valence-corrected chi connectivity index (χ0v) is 10.2. The Labute approximate surface area is 97.1 Å². The fourth-order valence-electron chi connectivity index (χ4n) is 1.50. The molecule has 0 aliphatic carbocycles. The summed E-state index contributed by atoms with van der Waals surface area (Å²) in [5.74, 6) is 0.794. The molecule has 0 fully saturated rings. The van der Waals surface area contributed by atoms with Gasteiger partial charge in [-0.2, -0.15) is 0 Å². The summed E-state index contributed by atoms with van der Waals surface area (Å²) < 4.78 is 1.06. The fourth-order valence-corrected chi connectivity index (χ4v) is 1.89. The predicted octanol–water partition coefficient (Wildman–Crippen LogP) is 3.19. The van der Waals surface area contributed by atoms with E-state index in [1.165, 1.54) is 0 Å². The highest BCUT2D eigenvalue weighted by Crippen LogP contribution is 2.25. The van der Waals surface area contributed by atoms with Crippen molar-refractivity contribution in [3.63, 3.8) is 0 Å². The Morgan fingerprint density at radius 1 is 1.40 bits per heavy atom. The summed E-state index contributed by atoms with van der Waals surface area (Å²) in [6, 6.07) is 8.12. The number of imidazole rings is 1. The van der Waals surface area contributed by atoms with Crippen LogP contribution in [0.25, 0.3) is 11.3 Å². The minimum atomic E-state index is 0.794. The summed E-state index contributed by atoms with van der Waals surface area (Å²) in [6.07, 6.45) is 0. The number of rotatable bonds is 2. The van der Waals surface area contributed by atoms with Gasteiger partial charge in [0, 0.05) is 22.8 Å². The van der Waals surface area contributed by atoms with Crippen LogP contribution in [0.2, 0.25) is 0 Å². The zero-order valence-electron chi connectivity index (χ0n) is 8.63. The molecule has 0 aliphatic heterocycles. The van der Waals surface area contributed by atoms with Crippen molar-refractivity contribution >= 4 is 21.9 Å². The number of H-pyrrole nitrogens is 1. The number of nitrogens with one attached hydrogen (secondary N) is 2. The Morgan fingerprint density at radius 2 is 2.20 bits per heavy atom. The first-order chi connectivity index (χ1) is 7.20. The van der Waals surface area contributed by atoms with Crippen molar-refractivity contribution in [2.24, 2.45) is 0 Å². The summed E-state index contributed by atoms with van der Waals surface area (Å²) in [5, 5.41) is 2.99. The molecular weight excluding hydrogens is 254 g/mol. The minimum absolute atomic E-state index is 0.794. The van der Waals surface area contributed by atoms with E-state index in [1.54, 1.807) is 0 Å². The van der Waals surface area contributed by atoms with Crippen molar-refractivity contribution in [3.05, 3.63) is 34.4 Å². The van der Waals surface area contributed by atoms with E-state index >= 15 is 0 Å². The van der Waals surface area contributed by atoms with Gasteiger partial charge in [-0.1, -0.05) is 28.1 Å². The third-order valence-corrected chi connectivity index (χ3v) is 2.71. The number of hydrogen-bond acceptors (Lipinski definition) is 2. The molecule has 2 N–H and O–H groups in total. The molecule has 1 heterocycles. The van der Waals surface area contributed by atoms with E-state index in [0.717, 1.165) is 27.4 Å². The van der Waals surface area contributed by atoms with E-state index in [9.17, 15) is 0 Å². The molecule has 0 radical (unpaired) electrons. The lowest BCUT2D eigenvalue weighted by molar-refractivity contribution is 1.23. The topological polar surface area (TPSA) is 40.7 Å². The normalized spacial score (nSPS) is 10.3. The molecule has 0 aliphatic rings. The maximum absolute atomic E-state index is 4.45. The largest absolute Gasteiger partial charge is 0.359 e. The number of aromatic nitrogens is 2. The van der Waals surface area contributed by atoms with Crippen molar-refractivity contribution < 1.29 is 0 Å². The molecular formula is C11H12BrN3. The summed E-state index contributed by atoms with van der Waals surface area (Å²) in [7, 11) is 1.85. The van der Waals surface area contributed by atoms with Gasteiger partial charge in [0.2, 0.25) is 5.95 Å². The summed E-state index contributed by atoms with van der Waals surface area (Å²) in [6.45, 7) is 2.02. The number of halogens is 1. The fraction of sp³-hybridized carbons (Fsp3) is 0.182. The monoisotopic (exact) mass is 265 g/mol. The van der Waals surface area contributed by atoms with Crippen LogP contribution in [0, 0.1) is 6.92 Å². The van der Waals surface area contributed by atoms with E-state index < -0.39 is 0 Å². The third kappa shape index (κ3) is 2.04. The van der Waals surface area contributed by atoms with Gasteiger partial charge in [0.25, 0.3) is 0 Å². The number of benzene rings is 1. The lowest BCUT2D eigenvalue weighted by Crippen LogP contribution is -1.89. The number of aryl methyl sites for hydroxylation is 1. The Hall–Kier alpha value is -1.29. The molecule has 0 saturated carbocycles. The summed E-state index contributed by atoms with van der Waals surface area (Å²) in [5.41, 5.74) is 3.16. The van der Waals surface area contributed by atoms with E-state index in [1.807, 2.05) is 32.2 Å². The van der Waals surface area contributed by atoms with E-state index in [2.05, 4.69) is 37.3 Å². The maximum atomic E-state index is 4.45. The molecule has 0 atom stereocenters. The van der Waals surface area contributed by atoms with Gasteiger partial charge in [0.05, 0.1) is 5.69 Å². The highest BCUT2D eigenvalue weighted by molar-refractivity contribution is 9.10. The molecule has 2 aromatic rings. The first-order valence-corrected chi connectivity index (χ1v) is 5.50. The van der Waals surface area contributed by atoms with Crippen LogP contribution in [0.3, 0.4) is 0 Å². The smallest absolute Gasteiger partial charge is 0.200 e. The van der Waals surface area contributed by atoms with Crippen molar-refractivity contribution in [1.29, 1.82) is 0 Å². The van der Waals surface area contributed by atoms with E-state index in [-0.39, 0.29) is 0 Å². The standard InChI is InChI=1S/C11H12BrN3/c1-7-10(15-11(13-2)14-7)8-4-3-5-9(12)6-8/h3-6H,1-2H3,(H2,13,14,15). The van der Waals surface area contributed by atoms with Gasteiger partial charge < -0.3 is 10.3 Å². The SMILES string of the molecule is CNc1nc(-c2cccc(Br)c2)c(C)[nH]1. The maximum Gasteiger partial charge on any atom is 0.200 e. The Morgan fingerprint density at radius 3 is 2.80 bits per heavy atom. The van der Waals surface area contributed by atoms with E-state index in [4.69, 9.17) is 0 Å². The second kappa shape index (κ2) is 4.06. The van der Waals surface area contributed by atoms with Crippen molar-refractivity contribution in [1.82, 2.24) is 9.97 Å². The van der Waals surface area contributed by atoms with Gasteiger partial charge in [0.15, 0.2) is 0 Å². The zero-order chi connectivity index (χ0) is 10.8. The average Bonchev–Trinajstić information content (AvgIpc) is 2.60. The minimum Gasteiger partial charge on any atom is -0.359 e. The molecule has 2 rings (SSSR count). The Bertz CT molecular complexity index is 476. The van der Waals surface area contributed by atoms with Crippen LogP contribution >= 0.6 is 15.9 Å². The van der Waals surface area contributed by atoms with Crippen molar-refractivity contribution in [2.75, 3.05) is 12.4 Å². The summed E-state index contributed by atoms with van der Waals surface area (Å²) >= 11 is 3.45. The van der Waals surface area contributed by atoms with Gasteiger partial charge >= 0.3 is 0 Å². The quantitative estimate of drug-likeness (QED) is 0.876. The molecule has 1 aromatic carbocycles. The summed E-state index contributed by atoms with van der Waals surface area (Å²) in [4.78, 5) is 7.63. The molecule has 15 heavy (non-hydrogen) atoms. The second-order valence-corrected chi connectivity index (χ2v) is 4.24. The van der Waals surface area contributed by atoms with Gasteiger partial charge in [0.1, 0.15) is 0 Å². The van der Waals surface area contributed by atoms with Crippen molar-refractivity contribution in [3.8, 4) is 11.3 Å². The Kier molecular flexibility index (Phi) is 2.77. The van der Waals surface area contributed by atoms with Crippen LogP contribution in [0.4, 0.5) is 5.95 Å². The van der Waals surface area contributed by atoms with Crippen LogP contribution in [0.1, 0.15) is 5.69 Å². The second-order valence-electron chi connectivity index (χ2n) is 3.32. The van der Waals surface area contributed by atoms with Crippen molar-refractivity contribution in [2.45, 2.75) is 6.92 Å². The number of hydrogen-bond donors (Lipinski definition) is 2. The van der Waals surface area contributed by atoms with Gasteiger partial charge in [-0.05, 0) is 19.1 Å². The predicted molar refractivity (Wildman–Crippen MR) is 66.0 cm³/mol. The highest BCUT2D eigenvalue weighted by atomic mass is 79.9. The lowest BCUT2D eigenvalue weighted by Gasteiger charge is -1.98. The molecule has 3 nitrogen and oxygen atoms in total. The number of aromatic amines is 1. The van der Waals surface area contributed by atoms with Gasteiger partial charge in [-0.15, -0.1) is 0 Å². The van der Waals surface area contributed by atoms with Crippen LogP contribution < -0.4 is 5.32 Å². The molecule has 1 aromatic heterocycles. The molecule has 4 heteroatoms. The van der Waals surface area contributed by atoms with Crippen LogP contribution in [0.15, 0.2) is 28.7 Å². The molecule has 78 valence electrons. The van der Waals surface area contributed by atoms with Crippen LogP contribution in [-0.2, 0) is 0 Å². The highest BCUT2D eigenvalue weighted by Gasteiger charge is 2.07. The lowest BCUT2D eigenvalue weighted by atomic mass is 10.1. The Balaban J connectivity index is 2.48. The third-order valence-electron chi connectivity index (χ3n) is 2.22. The number of anilines is 1.